The standard InChI is InChI=1S/C11H11ClN2/c12-11-3-1-2-9-4-6-14(8-13)7-5-10(9)11/h1-3H,4-7H2. The van der Waals surface area contributed by atoms with E-state index in [-0.39, 0.29) is 0 Å². The molecule has 0 radical (unpaired) electrons. The zero-order chi connectivity index (χ0) is 9.97. The summed E-state index contributed by atoms with van der Waals surface area (Å²) in [6.07, 6.45) is 3.99. The Morgan fingerprint density at radius 3 is 2.86 bits per heavy atom. The Balaban J connectivity index is 2.31. The van der Waals surface area contributed by atoms with Gasteiger partial charge >= 0.3 is 0 Å². The second-order valence-corrected chi connectivity index (χ2v) is 3.87. The van der Waals surface area contributed by atoms with Gasteiger partial charge in [0.1, 0.15) is 0 Å². The van der Waals surface area contributed by atoms with E-state index in [0.29, 0.717) is 0 Å². The Labute approximate surface area is 88.7 Å². The highest BCUT2D eigenvalue weighted by Gasteiger charge is 2.14. The summed E-state index contributed by atoms with van der Waals surface area (Å²) in [6, 6.07) is 5.99. The fourth-order valence-corrected chi connectivity index (χ4v) is 2.12. The molecule has 0 saturated carbocycles. The van der Waals surface area contributed by atoms with Gasteiger partial charge in [0.2, 0.25) is 0 Å². The number of hydrogen-bond acceptors (Lipinski definition) is 2. The Hall–Kier alpha value is -1.20. The SMILES string of the molecule is N#CN1CCc2cccc(Cl)c2CC1. The van der Waals surface area contributed by atoms with Crippen LogP contribution < -0.4 is 0 Å². The van der Waals surface area contributed by atoms with Crippen LogP contribution in [0, 0.1) is 11.5 Å². The zero-order valence-electron chi connectivity index (χ0n) is 7.83. The summed E-state index contributed by atoms with van der Waals surface area (Å²) in [5.74, 6) is 0. The van der Waals surface area contributed by atoms with Gasteiger partial charge in [-0.1, -0.05) is 23.7 Å². The fourth-order valence-electron chi connectivity index (χ4n) is 1.83. The number of nitrogens with zero attached hydrogens (tertiary/aromatic N) is 2. The number of rotatable bonds is 0. The molecule has 0 atom stereocenters. The van der Waals surface area contributed by atoms with Crippen molar-refractivity contribution in [1.82, 2.24) is 4.90 Å². The van der Waals surface area contributed by atoms with E-state index >= 15 is 0 Å². The first kappa shape index (κ1) is 9.36. The molecule has 1 aliphatic heterocycles. The fraction of sp³-hybridized carbons (Fsp3) is 0.364. The highest BCUT2D eigenvalue weighted by Crippen LogP contribution is 2.23. The zero-order valence-corrected chi connectivity index (χ0v) is 8.59. The molecule has 1 heterocycles. The van der Waals surface area contributed by atoms with Crippen LogP contribution in [-0.4, -0.2) is 18.0 Å². The van der Waals surface area contributed by atoms with E-state index in [9.17, 15) is 0 Å². The van der Waals surface area contributed by atoms with E-state index in [4.69, 9.17) is 16.9 Å². The van der Waals surface area contributed by atoms with Crippen LogP contribution in [0.1, 0.15) is 11.1 Å². The Kier molecular flexibility index (Phi) is 2.60. The van der Waals surface area contributed by atoms with Gasteiger partial charge in [-0.25, -0.2) is 0 Å². The lowest BCUT2D eigenvalue weighted by molar-refractivity contribution is 0.412. The van der Waals surface area contributed by atoms with Crippen LogP contribution in [0.3, 0.4) is 0 Å². The average Bonchev–Trinajstić information content (AvgIpc) is 2.41. The molecule has 0 amide bonds. The normalized spacial score (nSPS) is 15.6. The number of benzene rings is 1. The molecular formula is C11H11ClN2. The maximum atomic E-state index is 8.81. The van der Waals surface area contributed by atoms with Crippen molar-refractivity contribution in [3.8, 4) is 6.19 Å². The first-order valence-electron chi connectivity index (χ1n) is 4.72. The Morgan fingerprint density at radius 2 is 2.07 bits per heavy atom. The molecule has 0 unspecified atom stereocenters. The van der Waals surface area contributed by atoms with Crippen molar-refractivity contribution < 1.29 is 0 Å². The van der Waals surface area contributed by atoms with Crippen molar-refractivity contribution in [1.29, 1.82) is 5.26 Å². The van der Waals surface area contributed by atoms with Crippen molar-refractivity contribution in [3.05, 3.63) is 34.3 Å². The van der Waals surface area contributed by atoms with E-state index in [1.165, 1.54) is 11.1 Å². The molecule has 0 N–H and O–H groups in total. The molecule has 0 spiro atoms. The molecule has 3 heteroatoms. The molecule has 14 heavy (non-hydrogen) atoms. The maximum absolute atomic E-state index is 8.81. The molecule has 0 saturated heterocycles. The van der Waals surface area contributed by atoms with E-state index in [2.05, 4.69) is 12.3 Å². The lowest BCUT2D eigenvalue weighted by Crippen LogP contribution is -2.20. The summed E-state index contributed by atoms with van der Waals surface area (Å²) < 4.78 is 0. The van der Waals surface area contributed by atoms with Crippen LogP contribution >= 0.6 is 11.6 Å². The highest BCUT2D eigenvalue weighted by molar-refractivity contribution is 6.31. The van der Waals surface area contributed by atoms with Crippen LogP contribution in [-0.2, 0) is 12.8 Å². The van der Waals surface area contributed by atoms with Crippen LogP contribution in [0.5, 0.6) is 0 Å². The summed E-state index contributed by atoms with van der Waals surface area (Å²) in [5.41, 5.74) is 2.50. The Bertz CT molecular complexity index is 381. The predicted octanol–water partition coefficient (Wildman–Crippen LogP) is 2.22. The van der Waals surface area contributed by atoms with Gasteiger partial charge in [0.25, 0.3) is 0 Å². The van der Waals surface area contributed by atoms with Gasteiger partial charge in [-0.2, -0.15) is 5.26 Å². The van der Waals surface area contributed by atoms with Gasteiger partial charge in [0.05, 0.1) is 0 Å². The minimum atomic E-state index is 0.785. The largest absolute Gasteiger partial charge is 0.310 e. The molecule has 72 valence electrons. The molecule has 2 rings (SSSR count). The molecular weight excluding hydrogens is 196 g/mol. The third-order valence-corrected chi connectivity index (χ3v) is 2.99. The maximum Gasteiger partial charge on any atom is 0.179 e. The lowest BCUT2D eigenvalue weighted by atomic mass is 10.0. The van der Waals surface area contributed by atoms with Crippen LogP contribution in [0.15, 0.2) is 18.2 Å². The lowest BCUT2D eigenvalue weighted by Gasteiger charge is -2.09. The molecule has 0 aliphatic carbocycles. The van der Waals surface area contributed by atoms with Gasteiger partial charge in [-0.05, 0) is 30.0 Å². The van der Waals surface area contributed by atoms with Gasteiger partial charge in [0, 0.05) is 18.1 Å². The predicted molar refractivity (Wildman–Crippen MR) is 56.0 cm³/mol. The molecule has 0 aromatic heterocycles. The van der Waals surface area contributed by atoms with Crippen molar-refractivity contribution in [2.45, 2.75) is 12.8 Å². The van der Waals surface area contributed by atoms with Crippen molar-refractivity contribution in [3.63, 3.8) is 0 Å². The molecule has 2 nitrogen and oxygen atoms in total. The second kappa shape index (κ2) is 3.89. The number of hydrogen-bond donors (Lipinski definition) is 0. The van der Waals surface area contributed by atoms with E-state index in [0.717, 1.165) is 31.0 Å². The highest BCUT2D eigenvalue weighted by atomic mass is 35.5. The van der Waals surface area contributed by atoms with E-state index in [1.807, 2.05) is 12.1 Å². The minimum absolute atomic E-state index is 0.785. The van der Waals surface area contributed by atoms with E-state index in [1.54, 1.807) is 4.90 Å². The second-order valence-electron chi connectivity index (χ2n) is 3.46. The van der Waals surface area contributed by atoms with E-state index < -0.39 is 0 Å². The van der Waals surface area contributed by atoms with Gasteiger partial charge < -0.3 is 4.90 Å². The molecule has 0 bridgehead atoms. The first-order chi connectivity index (χ1) is 6.81. The number of fused-ring (bicyclic) bond motifs is 1. The average molecular weight is 207 g/mol. The van der Waals surface area contributed by atoms with Gasteiger partial charge in [-0.15, -0.1) is 0 Å². The number of nitriles is 1. The van der Waals surface area contributed by atoms with Gasteiger partial charge in [-0.3, -0.25) is 0 Å². The third kappa shape index (κ3) is 1.69. The molecule has 0 fully saturated rings. The van der Waals surface area contributed by atoms with Crippen LogP contribution in [0.4, 0.5) is 0 Å². The number of halogens is 1. The van der Waals surface area contributed by atoms with Crippen molar-refractivity contribution >= 4 is 11.6 Å². The summed E-state index contributed by atoms with van der Waals surface area (Å²) >= 11 is 6.10. The van der Waals surface area contributed by atoms with Crippen molar-refractivity contribution in [2.75, 3.05) is 13.1 Å². The molecule has 1 aromatic rings. The summed E-state index contributed by atoms with van der Waals surface area (Å²) in [7, 11) is 0. The quantitative estimate of drug-likeness (QED) is 0.609. The van der Waals surface area contributed by atoms with Crippen LogP contribution in [0.25, 0.3) is 0 Å². The van der Waals surface area contributed by atoms with Crippen LogP contribution in [0.2, 0.25) is 5.02 Å². The Morgan fingerprint density at radius 1 is 1.29 bits per heavy atom. The monoisotopic (exact) mass is 206 g/mol. The minimum Gasteiger partial charge on any atom is -0.310 e. The van der Waals surface area contributed by atoms with Gasteiger partial charge in [0.15, 0.2) is 6.19 Å². The van der Waals surface area contributed by atoms with Crippen molar-refractivity contribution in [2.24, 2.45) is 0 Å². The summed E-state index contributed by atoms with van der Waals surface area (Å²) in [4.78, 5) is 1.79. The smallest absolute Gasteiger partial charge is 0.179 e. The molecule has 1 aromatic carbocycles. The molecule has 1 aliphatic rings. The summed E-state index contributed by atoms with van der Waals surface area (Å²) in [6.45, 7) is 1.59. The third-order valence-electron chi connectivity index (χ3n) is 2.64. The summed E-state index contributed by atoms with van der Waals surface area (Å²) in [5, 5.41) is 9.64. The topological polar surface area (TPSA) is 27.0 Å². The first-order valence-corrected chi connectivity index (χ1v) is 5.10.